The van der Waals surface area contributed by atoms with E-state index in [-0.39, 0.29) is 0 Å². The van der Waals surface area contributed by atoms with Crippen molar-refractivity contribution in [3.05, 3.63) is 0 Å². The van der Waals surface area contributed by atoms with E-state index in [9.17, 15) is 0 Å². The van der Waals surface area contributed by atoms with E-state index in [0.29, 0.717) is 12.5 Å². The molecule has 0 aromatic carbocycles. The normalized spacial score (nSPS) is 10.5. The van der Waals surface area contributed by atoms with Gasteiger partial charge in [0.05, 0.1) is 6.61 Å². The summed E-state index contributed by atoms with van der Waals surface area (Å²) < 4.78 is 5.26. The molecule has 0 saturated carbocycles. The zero-order valence-electron chi connectivity index (χ0n) is 8.15. The summed E-state index contributed by atoms with van der Waals surface area (Å²) in [4.78, 5) is 0. The van der Waals surface area contributed by atoms with Gasteiger partial charge in [-0.05, 0) is 6.42 Å². The fourth-order valence-corrected chi connectivity index (χ4v) is 1.25. The van der Waals surface area contributed by atoms with Crippen LogP contribution in [0.2, 0.25) is 0 Å². The molecular formula is C10H21ClO. The van der Waals surface area contributed by atoms with Crippen molar-refractivity contribution >= 4 is 11.6 Å². The van der Waals surface area contributed by atoms with E-state index in [1.54, 1.807) is 0 Å². The lowest BCUT2D eigenvalue weighted by molar-refractivity contribution is 0.144. The summed E-state index contributed by atoms with van der Waals surface area (Å²) in [5.41, 5.74) is 0. The molecule has 0 N–H and O–H groups in total. The molecule has 0 aliphatic carbocycles. The zero-order chi connectivity index (χ0) is 9.07. The zero-order valence-corrected chi connectivity index (χ0v) is 8.91. The second kappa shape index (κ2) is 11.2. The lowest BCUT2D eigenvalue weighted by Gasteiger charge is -2.01. The quantitative estimate of drug-likeness (QED) is 0.401. The van der Waals surface area contributed by atoms with Crippen LogP contribution in [0.5, 0.6) is 0 Å². The minimum atomic E-state index is 0.621. The smallest absolute Gasteiger partial charge is 0.0601 e. The molecule has 0 spiro atoms. The maximum Gasteiger partial charge on any atom is 0.0601 e. The second-order valence-electron chi connectivity index (χ2n) is 3.07. The molecule has 0 unspecified atom stereocenters. The van der Waals surface area contributed by atoms with Gasteiger partial charge in [0.2, 0.25) is 0 Å². The largest absolute Gasteiger partial charge is 0.380 e. The molecule has 0 atom stereocenters. The summed E-state index contributed by atoms with van der Waals surface area (Å²) in [5.74, 6) is 0.621. The molecule has 0 aliphatic heterocycles. The van der Waals surface area contributed by atoms with Crippen molar-refractivity contribution in [2.45, 2.75) is 45.4 Å². The van der Waals surface area contributed by atoms with E-state index < -0.39 is 0 Å². The molecule has 0 fully saturated rings. The van der Waals surface area contributed by atoms with Gasteiger partial charge in [-0.25, -0.2) is 0 Å². The van der Waals surface area contributed by atoms with E-state index in [1.807, 2.05) is 0 Å². The molecule has 12 heavy (non-hydrogen) atoms. The van der Waals surface area contributed by atoms with Crippen LogP contribution in [0.15, 0.2) is 0 Å². The Morgan fingerprint density at radius 2 is 1.58 bits per heavy atom. The number of ether oxygens (including phenoxy) is 1. The second-order valence-corrected chi connectivity index (χ2v) is 3.45. The maximum atomic E-state index is 5.46. The van der Waals surface area contributed by atoms with Crippen molar-refractivity contribution in [2.24, 2.45) is 0 Å². The highest BCUT2D eigenvalue weighted by molar-refractivity contribution is 6.17. The van der Waals surface area contributed by atoms with Crippen LogP contribution in [0.3, 0.4) is 0 Å². The third kappa shape index (κ3) is 10.2. The topological polar surface area (TPSA) is 9.23 Å². The molecule has 0 rings (SSSR count). The van der Waals surface area contributed by atoms with Gasteiger partial charge in [0.25, 0.3) is 0 Å². The Balaban J connectivity index is 2.73. The molecule has 2 heteroatoms. The SMILES string of the molecule is CCCCCCCCOCCCl. The van der Waals surface area contributed by atoms with Crippen molar-refractivity contribution in [1.29, 1.82) is 0 Å². The molecule has 0 bridgehead atoms. The highest BCUT2D eigenvalue weighted by Gasteiger charge is 1.89. The Kier molecular flexibility index (Phi) is 11.5. The van der Waals surface area contributed by atoms with Crippen LogP contribution in [-0.4, -0.2) is 19.1 Å². The summed E-state index contributed by atoms with van der Waals surface area (Å²) in [7, 11) is 0. The molecular weight excluding hydrogens is 172 g/mol. The summed E-state index contributed by atoms with van der Waals surface area (Å²) >= 11 is 5.46. The number of alkyl halides is 1. The Morgan fingerprint density at radius 3 is 2.25 bits per heavy atom. The fraction of sp³-hybridized carbons (Fsp3) is 1.00. The Labute approximate surface area is 81.4 Å². The Bertz CT molecular complexity index is 66.2. The molecule has 0 radical (unpaired) electrons. The van der Waals surface area contributed by atoms with Crippen LogP contribution in [0.4, 0.5) is 0 Å². The van der Waals surface area contributed by atoms with E-state index in [4.69, 9.17) is 16.3 Å². The van der Waals surface area contributed by atoms with E-state index in [0.717, 1.165) is 6.61 Å². The van der Waals surface area contributed by atoms with Gasteiger partial charge in [-0.1, -0.05) is 39.0 Å². The fourth-order valence-electron chi connectivity index (χ4n) is 1.14. The van der Waals surface area contributed by atoms with Crippen LogP contribution in [-0.2, 0) is 4.74 Å². The van der Waals surface area contributed by atoms with Crippen molar-refractivity contribution in [3.63, 3.8) is 0 Å². The summed E-state index contributed by atoms with van der Waals surface area (Å²) in [6.07, 6.45) is 7.94. The van der Waals surface area contributed by atoms with Crippen molar-refractivity contribution in [3.8, 4) is 0 Å². The molecule has 74 valence electrons. The van der Waals surface area contributed by atoms with E-state index in [2.05, 4.69) is 6.92 Å². The monoisotopic (exact) mass is 192 g/mol. The minimum Gasteiger partial charge on any atom is -0.380 e. The summed E-state index contributed by atoms with van der Waals surface area (Å²) in [6.45, 7) is 3.83. The molecule has 0 saturated heterocycles. The third-order valence-electron chi connectivity index (χ3n) is 1.86. The van der Waals surface area contributed by atoms with E-state index >= 15 is 0 Å². The van der Waals surface area contributed by atoms with Crippen LogP contribution in [0.1, 0.15) is 45.4 Å². The summed E-state index contributed by atoms with van der Waals surface area (Å²) in [6, 6.07) is 0. The van der Waals surface area contributed by atoms with Crippen molar-refractivity contribution in [1.82, 2.24) is 0 Å². The minimum absolute atomic E-state index is 0.621. The van der Waals surface area contributed by atoms with Crippen LogP contribution in [0, 0.1) is 0 Å². The first kappa shape index (κ1) is 12.2. The average Bonchev–Trinajstić information content (AvgIpc) is 2.10. The Hall–Kier alpha value is 0.250. The number of unbranched alkanes of at least 4 members (excludes halogenated alkanes) is 5. The van der Waals surface area contributed by atoms with Crippen molar-refractivity contribution in [2.75, 3.05) is 19.1 Å². The number of hydrogen-bond donors (Lipinski definition) is 0. The standard InChI is InChI=1S/C10H21ClO/c1-2-3-4-5-6-7-9-12-10-8-11/h2-10H2,1H3. The van der Waals surface area contributed by atoms with E-state index in [1.165, 1.54) is 38.5 Å². The first-order chi connectivity index (χ1) is 5.91. The van der Waals surface area contributed by atoms with Gasteiger partial charge in [-0.2, -0.15) is 0 Å². The van der Waals surface area contributed by atoms with Gasteiger partial charge in [-0.15, -0.1) is 11.6 Å². The highest BCUT2D eigenvalue weighted by atomic mass is 35.5. The summed E-state index contributed by atoms with van der Waals surface area (Å²) in [5, 5.41) is 0. The molecule has 0 heterocycles. The van der Waals surface area contributed by atoms with Gasteiger partial charge >= 0.3 is 0 Å². The molecule has 0 aromatic rings. The third-order valence-corrected chi connectivity index (χ3v) is 2.02. The molecule has 0 aromatic heterocycles. The lowest BCUT2D eigenvalue weighted by atomic mass is 10.1. The van der Waals surface area contributed by atoms with Gasteiger partial charge in [-0.3, -0.25) is 0 Å². The number of halogens is 1. The van der Waals surface area contributed by atoms with Gasteiger partial charge in [0.1, 0.15) is 0 Å². The number of rotatable bonds is 9. The predicted molar refractivity (Wildman–Crippen MR) is 54.9 cm³/mol. The first-order valence-electron chi connectivity index (χ1n) is 5.05. The average molecular weight is 193 g/mol. The Morgan fingerprint density at radius 1 is 0.917 bits per heavy atom. The van der Waals surface area contributed by atoms with Crippen LogP contribution >= 0.6 is 11.6 Å². The first-order valence-corrected chi connectivity index (χ1v) is 5.59. The van der Waals surface area contributed by atoms with Crippen molar-refractivity contribution < 1.29 is 4.74 Å². The molecule has 1 nitrogen and oxygen atoms in total. The van der Waals surface area contributed by atoms with Crippen LogP contribution < -0.4 is 0 Å². The lowest BCUT2D eigenvalue weighted by Crippen LogP contribution is -1.97. The van der Waals surface area contributed by atoms with Gasteiger partial charge < -0.3 is 4.74 Å². The maximum absolute atomic E-state index is 5.46. The predicted octanol–water partition coefficient (Wildman–Crippen LogP) is 3.60. The van der Waals surface area contributed by atoms with Crippen LogP contribution in [0.25, 0.3) is 0 Å². The number of hydrogen-bond acceptors (Lipinski definition) is 1. The highest BCUT2D eigenvalue weighted by Crippen LogP contribution is 2.04. The molecule has 0 amide bonds. The van der Waals surface area contributed by atoms with Gasteiger partial charge in [0, 0.05) is 12.5 Å². The van der Waals surface area contributed by atoms with Gasteiger partial charge in [0.15, 0.2) is 0 Å². The molecule has 0 aliphatic rings.